The standard InChI is InChI=1S/C26H29NO5/c1-4-11-32-19-8-5-16(6-9-19)20-15-25(29)27-21-12-18(13-22(28)26(20)21)17-7-10-23(30-2)24(14-17)31-3/h5-10,14,18,20H,4,11-13,15H2,1-3H3,(H,27,29)/t18-,20-/m0/s1. The molecule has 6 heteroatoms. The first-order chi connectivity index (χ1) is 15.5. The Labute approximate surface area is 188 Å². The summed E-state index contributed by atoms with van der Waals surface area (Å²) in [7, 11) is 3.19. The molecular formula is C26H29NO5. The Morgan fingerprint density at radius 1 is 0.906 bits per heavy atom. The molecule has 4 rings (SSSR count). The SMILES string of the molecule is CCCOc1ccc([C@@H]2CC(=O)NC3=C2C(=O)C[C@@H](c2ccc(OC)c(OC)c2)C3)cc1. The molecule has 2 atom stereocenters. The van der Waals surface area contributed by atoms with E-state index in [2.05, 4.69) is 12.2 Å². The third kappa shape index (κ3) is 4.35. The molecule has 1 amide bonds. The van der Waals surface area contributed by atoms with Crippen LogP contribution in [0.25, 0.3) is 0 Å². The van der Waals surface area contributed by atoms with E-state index in [1.807, 2.05) is 42.5 Å². The van der Waals surface area contributed by atoms with Crippen LogP contribution in [0.1, 0.15) is 55.6 Å². The average Bonchev–Trinajstić information content (AvgIpc) is 2.81. The first-order valence-corrected chi connectivity index (χ1v) is 11.0. The number of ether oxygens (including phenoxy) is 3. The summed E-state index contributed by atoms with van der Waals surface area (Å²) < 4.78 is 16.4. The maximum atomic E-state index is 13.3. The fraction of sp³-hybridized carbons (Fsp3) is 0.385. The fourth-order valence-corrected chi connectivity index (χ4v) is 4.60. The Kier molecular flexibility index (Phi) is 6.49. The largest absolute Gasteiger partial charge is 0.494 e. The van der Waals surface area contributed by atoms with Gasteiger partial charge in [-0.1, -0.05) is 25.1 Å². The van der Waals surface area contributed by atoms with Crippen molar-refractivity contribution in [1.82, 2.24) is 5.32 Å². The van der Waals surface area contributed by atoms with Gasteiger partial charge >= 0.3 is 0 Å². The predicted octanol–water partition coefficient (Wildman–Crippen LogP) is 4.50. The Hall–Kier alpha value is -3.28. The second-order valence-electron chi connectivity index (χ2n) is 8.26. The summed E-state index contributed by atoms with van der Waals surface area (Å²) in [6, 6.07) is 13.5. The van der Waals surface area contributed by atoms with Crippen LogP contribution in [-0.2, 0) is 9.59 Å². The lowest BCUT2D eigenvalue weighted by atomic mass is 9.73. The van der Waals surface area contributed by atoms with E-state index in [1.165, 1.54) is 0 Å². The first-order valence-electron chi connectivity index (χ1n) is 11.0. The maximum Gasteiger partial charge on any atom is 0.225 e. The van der Waals surface area contributed by atoms with Gasteiger partial charge in [-0.05, 0) is 54.2 Å². The number of benzene rings is 2. The molecule has 1 N–H and O–H groups in total. The molecule has 6 nitrogen and oxygen atoms in total. The minimum Gasteiger partial charge on any atom is -0.494 e. The lowest BCUT2D eigenvalue weighted by molar-refractivity contribution is -0.122. The first kappa shape index (κ1) is 21.9. The van der Waals surface area contributed by atoms with Crippen molar-refractivity contribution >= 4 is 11.7 Å². The van der Waals surface area contributed by atoms with Gasteiger partial charge in [0, 0.05) is 30.0 Å². The monoisotopic (exact) mass is 435 g/mol. The summed E-state index contributed by atoms with van der Waals surface area (Å²) in [4.78, 5) is 25.8. The number of Topliss-reactive ketones (excluding diaryl/α,β-unsaturated/α-hetero) is 1. The fourth-order valence-electron chi connectivity index (χ4n) is 4.60. The summed E-state index contributed by atoms with van der Waals surface area (Å²) in [5, 5.41) is 2.98. The number of carbonyl (C=O) groups is 2. The number of carbonyl (C=O) groups excluding carboxylic acids is 2. The van der Waals surface area contributed by atoms with Crippen LogP contribution >= 0.6 is 0 Å². The van der Waals surface area contributed by atoms with Crippen molar-refractivity contribution in [2.45, 2.75) is 44.4 Å². The van der Waals surface area contributed by atoms with Crippen LogP contribution in [0.2, 0.25) is 0 Å². The van der Waals surface area contributed by atoms with Gasteiger partial charge in [-0.2, -0.15) is 0 Å². The lowest BCUT2D eigenvalue weighted by Crippen LogP contribution is -2.38. The molecule has 2 aromatic carbocycles. The molecule has 1 heterocycles. The molecule has 32 heavy (non-hydrogen) atoms. The second kappa shape index (κ2) is 9.47. The molecule has 1 aliphatic carbocycles. The minimum absolute atomic E-state index is 0.0232. The highest BCUT2D eigenvalue weighted by atomic mass is 16.5. The quantitative estimate of drug-likeness (QED) is 0.693. The maximum absolute atomic E-state index is 13.3. The molecule has 0 saturated heterocycles. The number of ketones is 1. The number of hydrogen-bond donors (Lipinski definition) is 1. The van der Waals surface area contributed by atoms with Crippen LogP contribution < -0.4 is 19.5 Å². The molecule has 0 aromatic heterocycles. The normalized spacial score (nSPS) is 20.5. The van der Waals surface area contributed by atoms with Crippen molar-refractivity contribution < 1.29 is 23.8 Å². The van der Waals surface area contributed by atoms with E-state index < -0.39 is 0 Å². The summed E-state index contributed by atoms with van der Waals surface area (Å²) in [5.41, 5.74) is 3.45. The van der Waals surface area contributed by atoms with Gasteiger partial charge in [0.15, 0.2) is 17.3 Å². The molecule has 0 fully saturated rings. The molecule has 2 aromatic rings. The predicted molar refractivity (Wildman–Crippen MR) is 121 cm³/mol. The van der Waals surface area contributed by atoms with E-state index in [9.17, 15) is 9.59 Å². The number of hydrogen-bond acceptors (Lipinski definition) is 5. The Bertz CT molecular complexity index is 1040. The van der Waals surface area contributed by atoms with Crippen LogP contribution in [0.3, 0.4) is 0 Å². The van der Waals surface area contributed by atoms with E-state index >= 15 is 0 Å². The molecule has 2 aliphatic rings. The highest BCUT2D eigenvalue weighted by Crippen LogP contribution is 2.44. The summed E-state index contributed by atoms with van der Waals surface area (Å²) in [6.45, 7) is 2.73. The molecule has 0 unspecified atom stereocenters. The number of nitrogens with one attached hydrogen (secondary N) is 1. The van der Waals surface area contributed by atoms with Gasteiger partial charge in [0.1, 0.15) is 5.75 Å². The van der Waals surface area contributed by atoms with Gasteiger partial charge in [-0.25, -0.2) is 0 Å². The average molecular weight is 436 g/mol. The Balaban J connectivity index is 1.62. The third-order valence-electron chi connectivity index (χ3n) is 6.17. The van der Waals surface area contributed by atoms with Crippen LogP contribution in [0, 0.1) is 0 Å². The zero-order chi connectivity index (χ0) is 22.7. The number of rotatable bonds is 7. The van der Waals surface area contributed by atoms with E-state index in [0.717, 1.165) is 34.6 Å². The van der Waals surface area contributed by atoms with Crippen LogP contribution in [0.4, 0.5) is 0 Å². The summed E-state index contributed by atoms with van der Waals surface area (Å²) in [6.07, 6.45) is 2.23. The van der Waals surface area contributed by atoms with Crippen LogP contribution in [-0.4, -0.2) is 32.5 Å². The van der Waals surface area contributed by atoms with E-state index in [0.29, 0.717) is 30.9 Å². The molecular weight excluding hydrogens is 406 g/mol. The summed E-state index contributed by atoms with van der Waals surface area (Å²) >= 11 is 0. The zero-order valence-corrected chi connectivity index (χ0v) is 18.8. The Morgan fingerprint density at radius 2 is 1.62 bits per heavy atom. The molecule has 0 saturated carbocycles. The molecule has 0 spiro atoms. The van der Waals surface area contributed by atoms with Crippen molar-refractivity contribution in [3.05, 3.63) is 64.9 Å². The van der Waals surface area contributed by atoms with Crippen LogP contribution in [0.15, 0.2) is 53.7 Å². The van der Waals surface area contributed by atoms with Gasteiger partial charge in [-0.3, -0.25) is 9.59 Å². The van der Waals surface area contributed by atoms with Crippen molar-refractivity contribution in [2.75, 3.05) is 20.8 Å². The van der Waals surface area contributed by atoms with Crippen molar-refractivity contribution in [3.8, 4) is 17.2 Å². The van der Waals surface area contributed by atoms with Gasteiger partial charge < -0.3 is 19.5 Å². The second-order valence-corrected chi connectivity index (χ2v) is 8.26. The Morgan fingerprint density at radius 3 is 2.31 bits per heavy atom. The molecule has 0 bridgehead atoms. The highest BCUT2D eigenvalue weighted by molar-refractivity contribution is 6.02. The molecule has 0 radical (unpaired) electrons. The number of amides is 1. The van der Waals surface area contributed by atoms with E-state index in [4.69, 9.17) is 14.2 Å². The summed E-state index contributed by atoms with van der Waals surface area (Å²) in [5.74, 6) is 1.86. The smallest absolute Gasteiger partial charge is 0.225 e. The van der Waals surface area contributed by atoms with Gasteiger partial charge in [-0.15, -0.1) is 0 Å². The minimum atomic E-state index is -0.224. The molecule has 1 aliphatic heterocycles. The number of allylic oxidation sites excluding steroid dienone is 2. The van der Waals surface area contributed by atoms with Crippen LogP contribution in [0.5, 0.6) is 17.2 Å². The highest BCUT2D eigenvalue weighted by Gasteiger charge is 2.38. The topological polar surface area (TPSA) is 73.9 Å². The third-order valence-corrected chi connectivity index (χ3v) is 6.17. The lowest BCUT2D eigenvalue weighted by Gasteiger charge is -2.34. The van der Waals surface area contributed by atoms with E-state index in [1.54, 1.807) is 14.2 Å². The number of methoxy groups -OCH3 is 2. The zero-order valence-electron chi connectivity index (χ0n) is 18.8. The van der Waals surface area contributed by atoms with Gasteiger partial charge in [0.25, 0.3) is 0 Å². The molecule has 168 valence electrons. The van der Waals surface area contributed by atoms with E-state index in [-0.39, 0.29) is 29.9 Å². The van der Waals surface area contributed by atoms with Crippen molar-refractivity contribution in [1.29, 1.82) is 0 Å². The van der Waals surface area contributed by atoms with Crippen molar-refractivity contribution in [3.63, 3.8) is 0 Å². The van der Waals surface area contributed by atoms with Gasteiger partial charge in [0.05, 0.1) is 20.8 Å². The van der Waals surface area contributed by atoms with Gasteiger partial charge in [0.2, 0.25) is 5.91 Å². The van der Waals surface area contributed by atoms with Crippen molar-refractivity contribution in [2.24, 2.45) is 0 Å².